The summed E-state index contributed by atoms with van der Waals surface area (Å²) in [5.74, 6) is 0.868. The van der Waals surface area contributed by atoms with Gasteiger partial charge in [-0.3, -0.25) is 0 Å². The van der Waals surface area contributed by atoms with Crippen LogP contribution in [-0.2, 0) is 6.54 Å². The summed E-state index contributed by atoms with van der Waals surface area (Å²) in [5.41, 5.74) is 1.15. The van der Waals surface area contributed by atoms with Crippen LogP contribution in [0.4, 0.5) is 5.95 Å². The van der Waals surface area contributed by atoms with E-state index in [1.165, 1.54) is 38.5 Å². The van der Waals surface area contributed by atoms with Crippen molar-refractivity contribution < 1.29 is 0 Å². The Kier molecular flexibility index (Phi) is 5.58. The van der Waals surface area contributed by atoms with E-state index >= 15 is 0 Å². The van der Waals surface area contributed by atoms with Crippen LogP contribution in [0.5, 0.6) is 0 Å². The van der Waals surface area contributed by atoms with Gasteiger partial charge >= 0.3 is 0 Å². The normalized spacial score (nSPS) is 17.2. The van der Waals surface area contributed by atoms with E-state index in [1.54, 1.807) is 0 Å². The minimum absolute atomic E-state index is 0.613. The number of nitrogens with one attached hydrogen (secondary N) is 1. The second kappa shape index (κ2) is 7.43. The maximum Gasteiger partial charge on any atom is 0.225 e. The molecule has 106 valence electrons. The molecule has 0 aromatic carbocycles. The number of nitrogens with zero attached hydrogens (tertiary/aromatic N) is 3. The van der Waals surface area contributed by atoms with Gasteiger partial charge in [-0.05, 0) is 19.4 Å². The predicted octanol–water partition coefficient (Wildman–Crippen LogP) is 2.75. The Labute approximate surface area is 116 Å². The Morgan fingerprint density at radius 1 is 1.16 bits per heavy atom. The first-order chi connectivity index (χ1) is 9.31. The van der Waals surface area contributed by atoms with E-state index < -0.39 is 0 Å². The van der Waals surface area contributed by atoms with Gasteiger partial charge in [-0.25, -0.2) is 9.97 Å². The maximum absolute atomic E-state index is 4.51. The highest BCUT2D eigenvalue weighted by Crippen LogP contribution is 2.23. The lowest BCUT2D eigenvalue weighted by atomic mass is 10.1. The number of hydrogen-bond acceptors (Lipinski definition) is 4. The Morgan fingerprint density at radius 3 is 2.37 bits per heavy atom. The first-order valence-electron chi connectivity index (χ1n) is 7.55. The van der Waals surface area contributed by atoms with Crippen LogP contribution < -0.4 is 10.2 Å². The van der Waals surface area contributed by atoms with Gasteiger partial charge in [-0.2, -0.15) is 0 Å². The third kappa shape index (κ3) is 4.16. The number of hydrogen-bond donors (Lipinski definition) is 1. The van der Waals surface area contributed by atoms with Crippen molar-refractivity contribution in [3.8, 4) is 0 Å². The predicted molar refractivity (Wildman–Crippen MR) is 79.3 cm³/mol. The Hall–Kier alpha value is -1.16. The van der Waals surface area contributed by atoms with Crippen molar-refractivity contribution >= 4 is 5.95 Å². The van der Waals surface area contributed by atoms with E-state index in [2.05, 4.69) is 34.2 Å². The largest absolute Gasteiger partial charge is 0.341 e. The van der Waals surface area contributed by atoms with Gasteiger partial charge in [0.25, 0.3) is 0 Å². The van der Waals surface area contributed by atoms with Gasteiger partial charge in [0.05, 0.1) is 0 Å². The fraction of sp³-hybridized carbons (Fsp3) is 0.733. The molecule has 1 aliphatic carbocycles. The van der Waals surface area contributed by atoms with Crippen LogP contribution in [0.3, 0.4) is 0 Å². The minimum Gasteiger partial charge on any atom is -0.341 e. The Bertz CT molecular complexity index is 355. The van der Waals surface area contributed by atoms with Gasteiger partial charge < -0.3 is 10.2 Å². The first-order valence-corrected chi connectivity index (χ1v) is 7.55. The van der Waals surface area contributed by atoms with Crippen molar-refractivity contribution in [3.63, 3.8) is 0 Å². The molecule has 0 saturated heterocycles. The molecule has 0 atom stereocenters. The third-order valence-electron chi connectivity index (χ3n) is 3.96. The Morgan fingerprint density at radius 2 is 1.79 bits per heavy atom. The van der Waals surface area contributed by atoms with Crippen molar-refractivity contribution in [1.82, 2.24) is 15.3 Å². The second-order valence-corrected chi connectivity index (χ2v) is 5.43. The van der Waals surface area contributed by atoms with Crippen LogP contribution >= 0.6 is 0 Å². The lowest BCUT2D eigenvalue weighted by molar-refractivity contribution is 0.544. The fourth-order valence-corrected chi connectivity index (χ4v) is 2.70. The summed E-state index contributed by atoms with van der Waals surface area (Å²) in [6, 6.07) is 0.613. The van der Waals surface area contributed by atoms with Gasteiger partial charge in [-0.1, -0.05) is 32.6 Å². The molecule has 0 radical (unpaired) electrons. The molecule has 1 aromatic heterocycles. The smallest absolute Gasteiger partial charge is 0.225 e. The summed E-state index contributed by atoms with van der Waals surface area (Å²) in [7, 11) is 2.13. The summed E-state index contributed by atoms with van der Waals surface area (Å²) in [6.07, 6.45) is 11.9. The van der Waals surface area contributed by atoms with Crippen molar-refractivity contribution in [2.24, 2.45) is 0 Å². The summed E-state index contributed by atoms with van der Waals surface area (Å²) in [5, 5.41) is 3.29. The van der Waals surface area contributed by atoms with E-state index in [-0.39, 0.29) is 0 Å². The van der Waals surface area contributed by atoms with Gasteiger partial charge in [0.1, 0.15) is 0 Å². The first kappa shape index (κ1) is 14.3. The van der Waals surface area contributed by atoms with Crippen LogP contribution in [0, 0.1) is 0 Å². The molecular formula is C15H26N4. The lowest BCUT2D eigenvalue weighted by Gasteiger charge is -2.27. The molecule has 19 heavy (non-hydrogen) atoms. The summed E-state index contributed by atoms with van der Waals surface area (Å²) < 4.78 is 0. The molecule has 0 aliphatic heterocycles. The molecule has 1 fully saturated rings. The molecule has 0 bridgehead atoms. The standard InChI is InChI=1S/C15H26N4/c1-3-16-10-13-11-17-15(18-12-13)19(2)14-8-6-4-5-7-9-14/h11-12,14,16H,3-10H2,1-2H3. The van der Waals surface area contributed by atoms with Crippen LogP contribution in [0.15, 0.2) is 12.4 Å². The molecule has 0 spiro atoms. The van der Waals surface area contributed by atoms with Gasteiger partial charge in [0.15, 0.2) is 0 Å². The average Bonchev–Trinajstić information content (AvgIpc) is 2.74. The van der Waals surface area contributed by atoms with Gasteiger partial charge in [0.2, 0.25) is 5.95 Å². The minimum atomic E-state index is 0.613. The van der Waals surface area contributed by atoms with E-state index in [0.717, 1.165) is 24.6 Å². The summed E-state index contributed by atoms with van der Waals surface area (Å²) in [4.78, 5) is 11.3. The molecule has 1 heterocycles. The zero-order valence-corrected chi connectivity index (χ0v) is 12.2. The molecule has 0 amide bonds. The van der Waals surface area contributed by atoms with Crippen molar-refractivity contribution in [2.45, 2.75) is 58.0 Å². The molecule has 1 saturated carbocycles. The van der Waals surface area contributed by atoms with Crippen LogP contribution in [0.25, 0.3) is 0 Å². The molecule has 1 aliphatic rings. The van der Waals surface area contributed by atoms with E-state index in [1.807, 2.05) is 12.4 Å². The number of rotatable bonds is 5. The highest BCUT2D eigenvalue weighted by molar-refractivity contribution is 5.30. The van der Waals surface area contributed by atoms with Crippen molar-refractivity contribution in [2.75, 3.05) is 18.5 Å². The number of aromatic nitrogens is 2. The quantitative estimate of drug-likeness (QED) is 0.828. The van der Waals surface area contributed by atoms with E-state index in [0.29, 0.717) is 6.04 Å². The average molecular weight is 262 g/mol. The molecule has 0 unspecified atom stereocenters. The molecule has 1 N–H and O–H groups in total. The van der Waals surface area contributed by atoms with E-state index in [9.17, 15) is 0 Å². The maximum atomic E-state index is 4.51. The Balaban J connectivity index is 1.95. The fourth-order valence-electron chi connectivity index (χ4n) is 2.70. The molecule has 2 rings (SSSR count). The van der Waals surface area contributed by atoms with Crippen LogP contribution in [0.2, 0.25) is 0 Å². The van der Waals surface area contributed by atoms with Crippen LogP contribution in [0.1, 0.15) is 51.0 Å². The van der Waals surface area contributed by atoms with Crippen molar-refractivity contribution in [1.29, 1.82) is 0 Å². The van der Waals surface area contributed by atoms with Crippen LogP contribution in [-0.4, -0.2) is 29.6 Å². The highest BCUT2D eigenvalue weighted by atomic mass is 15.2. The van der Waals surface area contributed by atoms with E-state index in [4.69, 9.17) is 0 Å². The summed E-state index contributed by atoms with van der Waals surface area (Å²) in [6.45, 7) is 3.93. The zero-order valence-electron chi connectivity index (χ0n) is 12.2. The number of anilines is 1. The van der Waals surface area contributed by atoms with Gasteiger partial charge in [0, 0.05) is 37.6 Å². The molecule has 4 heteroatoms. The van der Waals surface area contributed by atoms with Crippen molar-refractivity contribution in [3.05, 3.63) is 18.0 Å². The second-order valence-electron chi connectivity index (χ2n) is 5.43. The molecular weight excluding hydrogens is 236 g/mol. The topological polar surface area (TPSA) is 41.1 Å². The molecule has 1 aromatic rings. The zero-order chi connectivity index (χ0) is 13.5. The highest BCUT2D eigenvalue weighted by Gasteiger charge is 2.18. The SMILES string of the molecule is CCNCc1cnc(N(C)C2CCCCCC2)nc1. The van der Waals surface area contributed by atoms with Gasteiger partial charge in [-0.15, -0.1) is 0 Å². The lowest BCUT2D eigenvalue weighted by Crippen LogP contribution is -2.32. The monoisotopic (exact) mass is 262 g/mol. The summed E-state index contributed by atoms with van der Waals surface area (Å²) >= 11 is 0. The molecule has 4 nitrogen and oxygen atoms in total. The third-order valence-corrected chi connectivity index (χ3v) is 3.96.